The summed E-state index contributed by atoms with van der Waals surface area (Å²) in [7, 11) is 2.18. The lowest BCUT2D eigenvalue weighted by atomic mass is 9.91. The summed E-state index contributed by atoms with van der Waals surface area (Å²) in [5, 5.41) is 3.10. The van der Waals surface area contributed by atoms with E-state index in [1.54, 1.807) is 18.5 Å². The van der Waals surface area contributed by atoms with Crippen LogP contribution in [0.3, 0.4) is 0 Å². The van der Waals surface area contributed by atoms with Crippen molar-refractivity contribution in [1.82, 2.24) is 19.9 Å². The summed E-state index contributed by atoms with van der Waals surface area (Å²) in [6.45, 7) is 2.34. The van der Waals surface area contributed by atoms with Crippen molar-refractivity contribution in [3.63, 3.8) is 0 Å². The zero-order valence-corrected chi connectivity index (χ0v) is 11.7. The highest BCUT2D eigenvalue weighted by Gasteiger charge is 2.18. The first-order valence-electron chi connectivity index (χ1n) is 7.00. The molecule has 0 saturated carbocycles. The summed E-state index contributed by atoms with van der Waals surface area (Å²) in [5.74, 6) is 2.00. The van der Waals surface area contributed by atoms with Crippen molar-refractivity contribution in [2.24, 2.45) is 0 Å². The Balaban J connectivity index is 1.65. The molecule has 1 aliphatic rings. The second kappa shape index (κ2) is 5.96. The van der Waals surface area contributed by atoms with Crippen molar-refractivity contribution in [3.05, 3.63) is 42.4 Å². The SMILES string of the molecule is CN1CCC(c2ccc(Nc3ncccn3)nc2)CC1. The first-order valence-corrected chi connectivity index (χ1v) is 7.00. The normalized spacial score (nSPS) is 17.1. The number of rotatable bonds is 3. The van der Waals surface area contributed by atoms with E-state index in [4.69, 9.17) is 0 Å². The van der Waals surface area contributed by atoms with Crippen molar-refractivity contribution in [3.8, 4) is 0 Å². The van der Waals surface area contributed by atoms with Gasteiger partial charge in [0.25, 0.3) is 0 Å². The van der Waals surface area contributed by atoms with Gasteiger partial charge in [0.1, 0.15) is 5.82 Å². The standard InChI is InChI=1S/C15H19N5/c1-20-9-5-12(6-10-20)13-3-4-14(18-11-13)19-15-16-7-2-8-17-15/h2-4,7-8,11-12H,5-6,9-10H2,1H3,(H,16,17,18,19). The van der Waals surface area contributed by atoms with E-state index in [1.807, 2.05) is 12.3 Å². The molecule has 1 saturated heterocycles. The maximum Gasteiger partial charge on any atom is 0.228 e. The lowest BCUT2D eigenvalue weighted by Crippen LogP contribution is -2.29. The number of piperidine rings is 1. The number of nitrogens with zero attached hydrogens (tertiary/aromatic N) is 4. The molecule has 0 unspecified atom stereocenters. The molecule has 2 aromatic rings. The molecule has 1 N–H and O–H groups in total. The van der Waals surface area contributed by atoms with Crippen LogP contribution in [-0.4, -0.2) is 40.0 Å². The highest BCUT2D eigenvalue weighted by Crippen LogP contribution is 2.27. The molecule has 5 nitrogen and oxygen atoms in total. The van der Waals surface area contributed by atoms with E-state index in [0.29, 0.717) is 11.9 Å². The molecule has 104 valence electrons. The van der Waals surface area contributed by atoms with E-state index >= 15 is 0 Å². The van der Waals surface area contributed by atoms with Crippen LogP contribution in [-0.2, 0) is 0 Å². The van der Waals surface area contributed by atoms with Gasteiger partial charge in [0.2, 0.25) is 5.95 Å². The van der Waals surface area contributed by atoms with Crippen molar-refractivity contribution in [1.29, 1.82) is 0 Å². The summed E-state index contributed by atoms with van der Waals surface area (Å²) in [6, 6.07) is 5.96. The first-order chi connectivity index (χ1) is 9.81. The molecule has 3 heterocycles. The number of pyridine rings is 1. The van der Waals surface area contributed by atoms with Crippen molar-refractivity contribution < 1.29 is 0 Å². The molecule has 0 spiro atoms. The zero-order chi connectivity index (χ0) is 13.8. The predicted molar refractivity (Wildman–Crippen MR) is 79.0 cm³/mol. The molecule has 1 fully saturated rings. The van der Waals surface area contributed by atoms with Crippen molar-refractivity contribution in [2.45, 2.75) is 18.8 Å². The molecule has 20 heavy (non-hydrogen) atoms. The van der Waals surface area contributed by atoms with Gasteiger partial charge in [0.05, 0.1) is 0 Å². The number of anilines is 2. The molecule has 0 aromatic carbocycles. The lowest BCUT2D eigenvalue weighted by molar-refractivity contribution is 0.255. The van der Waals surface area contributed by atoms with Crippen LogP contribution >= 0.6 is 0 Å². The van der Waals surface area contributed by atoms with E-state index in [0.717, 1.165) is 5.82 Å². The van der Waals surface area contributed by atoms with E-state index in [2.05, 4.69) is 38.3 Å². The Labute approximate surface area is 119 Å². The Hall–Kier alpha value is -2.01. The number of hydrogen-bond donors (Lipinski definition) is 1. The van der Waals surface area contributed by atoms with Gasteiger partial charge >= 0.3 is 0 Å². The Morgan fingerprint density at radius 1 is 1.10 bits per heavy atom. The molecule has 0 atom stereocenters. The second-order valence-electron chi connectivity index (χ2n) is 5.25. The maximum absolute atomic E-state index is 4.46. The minimum absolute atomic E-state index is 0.576. The highest BCUT2D eigenvalue weighted by molar-refractivity contribution is 5.47. The Morgan fingerprint density at radius 2 is 1.85 bits per heavy atom. The van der Waals surface area contributed by atoms with Crippen molar-refractivity contribution in [2.75, 3.05) is 25.5 Å². The van der Waals surface area contributed by atoms with Gasteiger partial charge in [0, 0.05) is 18.6 Å². The van der Waals surface area contributed by atoms with Gasteiger partial charge in [-0.1, -0.05) is 6.07 Å². The summed E-state index contributed by atoms with van der Waals surface area (Å²) in [5.41, 5.74) is 1.33. The van der Waals surface area contributed by atoms with Gasteiger partial charge in [-0.3, -0.25) is 0 Å². The Bertz CT molecular complexity index is 532. The monoisotopic (exact) mass is 269 g/mol. The average Bonchev–Trinajstić information content (AvgIpc) is 2.50. The number of nitrogens with one attached hydrogen (secondary N) is 1. The van der Waals surface area contributed by atoms with Gasteiger partial charge < -0.3 is 10.2 Å². The molecule has 0 bridgehead atoms. The summed E-state index contributed by atoms with van der Waals surface area (Å²) in [4.78, 5) is 15.1. The fraction of sp³-hybridized carbons (Fsp3) is 0.400. The lowest BCUT2D eigenvalue weighted by Gasteiger charge is -2.29. The van der Waals surface area contributed by atoms with E-state index < -0.39 is 0 Å². The van der Waals surface area contributed by atoms with Crippen LogP contribution in [0.2, 0.25) is 0 Å². The van der Waals surface area contributed by atoms with E-state index in [9.17, 15) is 0 Å². The molecule has 3 rings (SSSR count). The van der Waals surface area contributed by atoms with Gasteiger partial charge in [-0.05, 0) is 56.6 Å². The quantitative estimate of drug-likeness (QED) is 0.927. The van der Waals surface area contributed by atoms with Crippen LogP contribution in [0.15, 0.2) is 36.8 Å². The van der Waals surface area contributed by atoms with Gasteiger partial charge in [-0.25, -0.2) is 15.0 Å². The largest absolute Gasteiger partial charge is 0.309 e. The van der Waals surface area contributed by atoms with E-state index in [1.165, 1.54) is 31.5 Å². The molecular formula is C15H19N5. The molecule has 0 radical (unpaired) electrons. The molecule has 1 aliphatic heterocycles. The third-order valence-electron chi connectivity index (χ3n) is 3.78. The average molecular weight is 269 g/mol. The van der Waals surface area contributed by atoms with E-state index in [-0.39, 0.29) is 0 Å². The van der Waals surface area contributed by atoms with Crippen LogP contribution in [0.25, 0.3) is 0 Å². The van der Waals surface area contributed by atoms with Gasteiger partial charge in [-0.15, -0.1) is 0 Å². The number of aromatic nitrogens is 3. The zero-order valence-electron chi connectivity index (χ0n) is 11.7. The fourth-order valence-corrected chi connectivity index (χ4v) is 2.54. The molecular weight excluding hydrogens is 250 g/mol. The van der Waals surface area contributed by atoms with Gasteiger partial charge in [0.15, 0.2) is 0 Å². The first kappa shape index (κ1) is 13.0. The molecule has 0 amide bonds. The third kappa shape index (κ3) is 3.11. The number of likely N-dealkylation sites (tertiary alicyclic amines) is 1. The second-order valence-corrected chi connectivity index (χ2v) is 5.25. The maximum atomic E-state index is 4.46. The molecule has 5 heteroatoms. The third-order valence-corrected chi connectivity index (χ3v) is 3.78. The van der Waals surface area contributed by atoms with Crippen LogP contribution in [0.5, 0.6) is 0 Å². The van der Waals surface area contributed by atoms with Crippen LogP contribution < -0.4 is 5.32 Å². The fourth-order valence-electron chi connectivity index (χ4n) is 2.54. The topological polar surface area (TPSA) is 53.9 Å². The van der Waals surface area contributed by atoms with Crippen molar-refractivity contribution >= 4 is 11.8 Å². The smallest absolute Gasteiger partial charge is 0.228 e. The summed E-state index contributed by atoms with van der Waals surface area (Å²) < 4.78 is 0. The minimum Gasteiger partial charge on any atom is -0.309 e. The van der Waals surface area contributed by atoms with Crippen LogP contribution in [0.4, 0.5) is 11.8 Å². The highest BCUT2D eigenvalue weighted by atomic mass is 15.1. The summed E-state index contributed by atoms with van der Waals surface area (Å²) >= 11 is 0. The van der Waals surface area contributed by atoms with Crippen LogP contribution in [0, 0.1) is 0 Å². The number of hydrogen-bond acceptors (Lipinski definition) is 5. The predicted octanol–water partition coefficient (Wildman–Crippen LogP) is 2.42. The Kier molecular flexibility index (Phi) is 3.87. The summed E-state index contributed by atoms with van der Waals surface area (Å²) in [6.07, 6.45) is 7.82. The molecule has 0 aliphatic carbocycles. The van der Waals surface area contributed by atoms with Crippen LogP contribution in [0.1, 0.15) is 24.3 Å². The van der Waals surface area contributed by atoms with Gasteiger partial charge in [-0.2, -0.15) is 0 Å². The molecule has 2 aromatic heterocycles. The minimum atomic E-state index is 0.576. The Morgan fingerprint density at radius 3 is 2.50 bits per heavy atom.